The van der Waals surface area contributed by atoms with Gasteiger partial charge in [-0.1, -0.05) is 138 Å². The fourth-order valence-electron chi connectivity index (χ4n) is 5.80. The third-order valence-corrected chi connectivity index (χ3v) is 12.0. The summed E-state index contributed by atoms with van der Waals surface area (Å²) in [5, 5.41) is 29.3. The van der Waals surface area contributed by atoms with Crippen molar-refractivity contribution in [2.45, 2.75) is 33.1 Å². The van der Waals surface area contributed by atoms with Crippen molar-refractivity contribution in [1.29, 1.82) is 0 Å². The number of benzene rings is 4. The average molecular weight is 903 g/mol. The maximum absolute atomic E-state index is 12.8. The van der Waals surface area contributed by atoms with Crippen LogP contribution < -0.4 is 10.6 Å². The zero-order chi connectivity index (χ0) is 39.6. The minimum atomic E-state index is -1.06. The van der Waals surface area contributed by atoms with E-state index in [0.717, 1.165) is 31.2 Å². The molecule has 0 aliphatic rings. The number of anilines is 2. The molecule has 282 valence electrons. The molecule has 8 nitrogen and oxygen atoms in total. The van der Waals surface area contributed by atoms with Gasteiger partial charge in [0.25, 0.3) is 0 Å². The molecule has 4 aromatic carbocycles. The lowest BCUT2D eigenvalue weighted by molar-refractivity contribution is -0.120. The first kappa shape index (κ1) is 41.3. The summed E-state index contributed by atoms with van der Waals surface area (Å²) in [5.74, 6) is -3.05. The number of hydrogen-bond acceptors (Lipinski definition) is 6. The highest BCUT2D eigenvalue weighted by Gasteiger charge is 2.26. The number of hydrogen-bond donors (Lipinski definition) is 4. The Balaban J connectivity index is 0.000000211. The second-order valence-electron chi connectivity index (χ2n) is 12.9. The van der Waals surface area contributed by atoms with Crippen LogP contribution in [0, 0.1) is 11.8 Å². The van der Waals surface area contributed by atoms with E-state index < -0.39 is 11.9 Å². The Morgan fingerprint density at radius 2 is 1.02 bits per heavy atom. The summed E-state index contributed by atoms with van der Waals surface area (Å²) in [7, 11) is 0. The van der Waals surface area contributed by atoms with E-state index in [0.29, 0.717) is 27.5 Å². The molecule has 6 rings (SSSR count). The van der Waals surface area contributed by atoms with Crippen LogP contribution in [0.3, 0.4) is 0 Å². The highest BCUT2D eigenvalue weighted by Crippen LogP contribution is 2.38. The van der Waals surface area contributed by atoms with Gasteiger partial charge in [0.1, 0.15) is 21.1 Å². The predicted octanol–water partition coefficient (Wildman–Crippen LogP) is 11.9. The molecule has 55 heavy (non-hydrogen) atoms. The van der Waals surface area contributed by atoms with Crippen LogP contribution >= 0.6 is 54.5 Å². The van der Waals surface area contributed by atoms with Crippen LogP contribution in [0.4, 0.5) is 10.0 Å². The summed E-state index contributed by atoms with van der Waals surface area (Å²) >= 11 is 9.22. The zero-order valence-corrected chi connectivity index (χ0v) is 34.9. The topological polar surface area (TPSA) is 133 Å². The van der Waals surface area contributed by atoms with Gasteiger partial charge in [-0.25, -0.2) is 9.59 Å². The monoisotopic (exact) mass is 900 g/mol. The molecule has 0 aliphatic heterocycles. The highest BCUT2D eigenvalue weighted by atomic mass is 79.9. The van der Waals surface area contributed by atoms with Crippen LogP contribution in [-0.4, -0.2) is 34.0 Å². The fourth-order valence-corrected chi connectivity index (χ4v) is 8.26. The van der Waals surface area contributed by atoms with E-state index in [1.54, 1.807) is 10.8 Å². The molecule has 6 aromatic rings. The lowest BCUT2D eigenvalue weighted by Crippen LogP contribution is -2.25. The predicted molar refractivity (Wildman–Crippen MR) is 229 cm³/mol. The minimum Gasteiger partial charge on any atom is -0.478 e. The van der Waals surface area contributed by atoms with Crippen molar-refractivity contribution in [2.75, 3.05) is 10.6 Å². The second kappa shape index (κ2) is 19.1. The van der Waals surface area contributed by atoms with Crippen LogP contribution in [0.15, 0.2) is 129 Å². The van der Waals surface area contributed by atoms with Crippen LogP contribution in [0.1, 0.15) is 58.5 Å². The van der Waals surface area contributed by atoms with Gasteiger partial charge in [-0.2, -0.15) is 0 Å². The Morgan fingerprint density at radius 1 is 0.600 bits per heavy atom. The summed E-state index contributed by atoms with van der Waals surface area (Å²) in [6, 6.07) is 34.4. The first-order valence-electron chi connectivity index (χ1n) is 17.3. The number of rotatable bonds is 12. The molecule has 0 spiro atoms. The largest absolute Gasteiger partial charge is 0.478 e. The Bertz CT molecular complexity index is 2260. The van der Waals surface area contributed by atoms with Gasteiger partial charge in [0, 0.05) is 42.7 Å². The molecule has 0 aliphatic carbocycles. The summed E-state index contributed by atoms with van der Waals surface area (Å²) in [6.45, 7) is 5.70. The summed E-state index contributed by atoms with van der Waals surface area (Å²) in [6.07, 6.45) is 0.597. The van der Waals surface area contributed by atoms with E-state index >= 15 is 0 Å². The number of thiophene rings is 2. The number of carboxylic acids is 2. The smallest absolute Gasteiger partial charge is 0.339 e. The molecule has 0 saturated carbocycles. The lowest BCUT2D eigenvalue weighted by Gasteiger charge is -2.19. The molecule has 4 N–H and O–H groups in total. The van der Waals surface area contributed by atoms with Crippen molar-refractivity contribution in [1.82, 2.24) is 0 Å². The molecule has 3 atom stereocenters. The Hall–Kier alpha value is -4.88. The van der Waals surface area contributed by atoms with Crippen LogP contribution in [-0.2, 0) is 16.0 Å². The molecule has 3 unspecified atom stereocenters. The van der Waals surface area contributed by atoms with Gasteiger partial charge in [0.2, 0.25) is 11.8 Å². The molecule has 0 fully saturated rings. The molecule has 2 amide bonds. The number of carbonyl (C=O) groups excluding carboxylic acids is 2. The Labute approximate surface area is 344 Å². The Morgan fingerprint density at radius 3 is 1.45 bits per heavy atom. The molecule has 0 radical (unpaired) electrons. The summed E-state index contributed by atoms with van der Waals surface area (Å²) in [5.41, 5.74) is 5.19. The molecule has 0 bridgehead atoms. The van der Waals surface area contributed by atoms with Gasteiger partial charge in [-0.05, 0) is 58.9 Å². The van der Waals surface area contributed by atoms with E-state index in [2.05, 4.69) is 42.5 Å². The average Bonchev–Trinajstić information content (AvgIpc) is 3.80. The SMILES string of the molecule is CC(C(=O)Nc1scc(-c2ccc(Br)cc2)c1C(=O)O)C(C)c1ccccc1.CC(Cc1ccccc1)C(=O)Nc1scc(-c2ccc(Br)cc2)c1C(=O)O. The van der Waals surface area contributed by atoms with Crippen molar-refractivity contribution in [2.24, 2.45) is 11.8 Å². The molecule has 2 heterocycles. The minimum absolute atomic E-state index is 0.0142. The van der Waals surface area contributed by atoms with Crippen molar-refractivity contribution in [3.8, 4) is 22.3 Å². The van der Waals surface area contributed by atoms with Crippen molar-refractivity contribution >= 4 is 88.3 Å². The summed E-state index contributed by atoms with van der Waals surface area (Å²) in [4.78, 5) is 49.1. The van der Waals surface area contributed by atoms with Crippen LogP contribution in [0.2, 0.25) is 0 Å². The van der Waals surface area contributed by atoms with Crippen molar-refractivity contribution in [3.63, 3.8) is 0 Å². The van der Waals surface area contributed by atoms with Gasteiger partial charge in [0.15, 0.2) is 0 Å². The van der Waals surface area contributed by atoms with Crippen LogP contribution in [0.25, 0.3) is 22.3 Å². The maximum atomic E-state index is 12.8. The van der Waals surface area contributed by atoms with Gasteiger partial charge in [-0.15, -0.1) is 22.7 Å². The van der Waals surface area contributed by atoms with E-state index in [4.69, 9.17) is 0 Å². The number of amides is 2. The number of halogens is 2. The summed E-state index contributed by atoms with van der Waals surface area (Å²) < 4.78 is 1.84. The number of aromatic carboxylic acids is 2. The number of carbonyl (C=O) groups is 4. The van der Waals surface area contributed by atoms with Crippen LogP contribution in [0.5, 0.6) is 0 Å². The Kier molecular flexibility index (Phi) is 14.4. The molecular formula is C43H38Br2N2O6S2. The van der Waals surface area contributed by atoms with E-state index in [1.165, 1.54) is 22.7 Å². The lowest BCUT2D eigenvalue weighted by atomic mass is 9.88. The zero-order valence-electron chi connectivity index (χ0n) is 30.1. The van der Waals surface area contributed by atoms with Gasteiger partial charge in [0.05, 0.1) is 0 Å². The van der Waals surface area contributed by atoms with E-state index in [9.17, 15) is 29.4 Å². The number of nitrogens with one attached hydrogen (secondary N) is 2. The molecule has 12 heteroatoms. The third-order valence-electron chi connectivity index (χ3n) is 9.11. The van der Waals surface area contributed by atoms with Gasteiger partial charge in [-0.3, -0.25) is 9.59 Å². The normalized spacial score (nSPS) is 12.4. The molecule has 0 saturated heterocycles. The quantitative estimate of drug-likeness (QED) is 0.0967. The second-order valence-corrected chi connectivity index (χ2v) is 16.5. The number of carboxylic acid groups (broad SMARTS) is 2. The first-order chi connectivity index (χ1) is 26.3. The third kappa shape index (κ3) is 10.7. The van der Waals surface area contributed by atoms with E-state index in [-0.39, 0.29) is 40.7 Å². The molecule has 2 aromatic heterocycles. The highest BCUT2D eigenvalue weighted by molar-refractivity contribution is 9.10. The maximum Gasteiger partial charge on any atom is 0.339 e. The first-order valence-corrected chi connectivity index (χ1v) is 20.6. The molecular weight excluding hydrogens is 864 g/mol. The standard InChI is InChI=1S/C22H20BrNO3S.C21H18BrNO3S/c1-13(15-6-4-3-5-7-15)14(2)20(25)24-21-19(22(26)27)18(12-28-21)16-8-10-17(23)11-9-16;1-13(11-14-5-3-2-4-6-14)19(24)23-20-18(21(25)26)17(12-27-20)15-7-9-16(22)10-8-15/h3-14H,1-2H3,(H,24,25)(H,26,27);2-10,12-13H,11H2,1H3,(H,23,24)(H,25,26). The fraction of sp³-hybridized carbons (Fsp3) is 0.163. The van der Waals surface area contributed by atoms with Crippen molar-refractivity contribution in [3.05, 3.63) is 151 Å². The van der Waals surface area contributed by atoms with Gasteiger partial charge >= 0.3 is 11.9 Å². The van der Waals surface area contributed by atoms with Gasteiger partial charge < -0.3 is 20.8 Å². The van der Waals surface area contributed by atoms with E-state index in [1.807, 2.05) is 130 Å². The van der Waals surface area contributed by atoms with Crippen molar-refractivity contribution < 1.29 is 29.4 Å².